The molecule has 0 saturated carbocycles. The number of fused-ring (bicyclic) bond motifs is 1. The van der Waals surface area contributed by atoms with Crippen LogP contribution >= 0.6 is 0 Å². The van der Waals surface area contributed by atoms with E-state index in [9.17, 15) is 14.4 Å². The Labute approximate surface area is 229 Å². The van der Waals surface area contributed by atoms with Gasteiger partial charge in [0.15, 0.2) is 5.78 Å². The van der Waals surface area contributed by atoms with Crippen molar-refractivity contribution < 1.29 is 28.6 Å². The van der Waals surface area contributed by atoms with Gasteiger partial charge < -0.3 is 19.1 Å². The summed E-state index contributed by atoms with van der Waals surface area (Å²) in [6.07, 6.45) is 3.45. The number of carbonyl (C=O) groups is 3. The molecule has 206 valence electrons. The molecule has 0 bridgehead atoms. The van der Waals surface area contributed by atoms with Crippen LogP contribution in [0.25, 0.3) is 10.9 Å². The number of hydrogen-bond acceptors (Lipinski definition) is 7. The smallest absolute Gasteiger partial charge is 0.316 e. The maximum atomic E-state index is 14.0. The lowest BCUT2D eigenvalue weighted by Crippen LogP contribution is -2.45. The van der Waals surface area contributed by atoms with E-state index in [1.165, 1.54) is 7.11 Å². The average Bonchev–Trinajstić information content (AvgIpc) is 2.98. The lowest BCUT2D eigenvalue weighted by molar-refractivity contribution is -0.147. The van der Waals surface area contributed by atoms with E-state index in [4.69, 9.17) is 14.2 Å². The number of benzene rings is 2. The van der Waals surface area contributed by atoms with Gasteiger partial charge in [-0.1, -0.05) is 31.5 Å². The maximum Gasteiger partial charge on any atom is 0.316 e. The number of ether oxygens (including phenoxy) is 3. The van der Waals surface area contributed by atoms with Crippen LogP contribution in [0.5, 0.6) is 11.5 Å². The van der Waals surface area contributed by atoms with E-state index in [2.05, 4.69) is 11.9 Å². The van der Waals surface area contributed by atoms with Gasteiger partial charge in [0.05, 0.1) is 20.8 Å². The van der Waals surface area contributed by atoms with Crippen LogP contribution in [0.15, 0.2) is 54.7 Å². The SMILES string of the molecule is CCOC(=O)C(CC1CCN(C(=O)c2ccccc2)CC1CC)C(=O)c1ccnc2c(OC)cc(OC)cc12. The number of methoxy groups -OCH3 is 2. The molecule has 0 N–H and O–H groups in total. The van der Waals surface area contributed by atoms with E-state index in [-0.39, 0.29) is 30.1 Å². The van der Waals surface area contributed by atoms with Gasteiger partial charge in [-0.2, -0.15) is 0 Å². The Morgan fingerprint density at radius 1 is 1.03 bits per heavy atom. The number of carbonyl (C=O) groups excluding carboxylic acids is 3. The number of likely N-dealkylation sites (tertiary alicyclic amines) is 1. The summed E-state index contributed by atoms with van der Waals surface area (Å²) in [7, 11) is 3.07. The number of amides is 1. The van der Waals surface area contributed by atoms with Gasteiger partial charge in [-0.15, -0.1) is 0 Å². The topological polar surface area (TPSA) is 95.0 Å². The van der Waals surface area contributed by atoms with Gasteiger partial charge in [0, 0.05) is 41.9 Å². The molecule has 0 radical (unpaired) electrons. The molecule has 1 aliphatic heterocycles. The summed E-state index contributed by atoms with van der Waals surface area (Å²) in [5, 5.41) is 0.559. The third-order valence-electron chi connectivity index (χ3n) is 7.65. The van der Waals surface area contributed by atoms with Crippen molar-refractivity contribution in [1.82, 2.24) is 9.88 Å². The highest BCUT2D eigenvalue weighted by Crippen LogP contribution is 2.36. The normalized spacial score (nSPS) is 17.9. The number of esters is 1. The second kappa shape index (κ2) is 12.7. The summed E-state index contributed by atoms with van der Waals surface area (Å²) in [4.78, 5) is 46.6. The molecule has 1 aliphatic rings. The number of pyridine rings is 1. The summed E-state index contributed by atoms with van der Waals surface area (Å²) in [6.45, 7) is 5.17. The van der Waals surface area contributed by atoms with Crippen molar-refractivity contribution in [1.29, 1.82) is 0 Å². The van der Waals surface area contributed by atoms with Crippen LogP contribution in [0, 0.1) is 17.8 Å². The summed E-state index contributed by atoms with van der Waals surface area (Å²) >= 11 is 0. The van der Waals surface area contributed by atoms with E-state index >= 15 is 0 Å². The van der Waals surface area contributed by atoms with Crippen LogP contribution in [-0.4, -0.2) is 61.5 Å². The Kier molecular flexibility index (Phi) is 9.17. The van der Waals surface area contributed by atoms with E-state index in [1.54, 1.807) is 38.4 Å². The first-order valence-electron chi connectivity index (χ1n) is 13.5. The van der Waals surface area contributed by atoms with Crippen LogP contribution < -0.4 is 9.47 Å². The molecule has 3 atom stereocenters. The molecule has 1 amide bonds. The molecule has 2 aromatic carbocycles. The Morgan fingerprint density at radius 3 is 2.46 bits per heavy atom. The first-order valence-corrected chi connectivity index (χ1v) is 13.5. The van der Waals surface area contributed by atoms with Gasteiger partial charge in [-0.05, 0) is 55.9 Å². The van der Waals surface area contributed by atoms with Crippen molar-refractivity contribution in [3.8, 4) is 11.5 Å². The predicted octanol–water partition coefficient (Wildman–Crippen LogP) is 5.19. The van der Waals surface area contributed by atoms with E-state index in [0.29, 0.717) is 59.5 Å². The van der Waals surface area contributed by atoms with E-state index in [0.717, 1.165) is 6.42 Å². The number of rotatable bonds is 10. The van der Waals surface area contributed by atoms with Crippen LogP contribution in [0.4, 0.5) is 0 Å². The zero-order valence-corrected chi connectivity index (χ0v) is 23.0. The Bertz CT molecular complexity index is 1330. The minimum atomic E-state index is -0.969. The number of ketones is 1. The molecule has 0 spiro atoms. The fourth-order valence-electron chi connectivity index (χ4n) is 5.53. The summed E-state index contributed by atoms with van der Waals surface area (Å²) in [5.74, 6) is -0.548. The van der Waals surface area contributed by atoms with Gasteiger partial charge in [0.2, 0.25) is 0 Å². The van der Waals surface area contributed by atoms with Crippen molar-refractivity contribution in [3.63, 3.8) is 0 Å². The first-order chi connectivity index (χ1) is 18.9. The van der Waals surface area contributed by atoms with Crippen LogP contribution in [-0.2, 0) is 9.53 Å². The number of piperidine rings is 1. The lowest BCUT2D eigenvalue weighted by Gasteiger charge is -2.39. The van der Waals surface area contributed by atoms with Crippen molar-refractivity contribution in [2.75, 3.05) is 33.9 Å². The maximum absolute atomic E-state index is 14.0. The van der Waals surface area contributed by atoms with Crippen LogP contribution in [0.3, 0.4) is 0 Å². The zero-order chi connectivity index (χ0) is 27.9. The molecule has 3 aromatic rings. The van der Waals surface area contributed by atoms with Gasteiger partial charge in [0.25, 0.3) is 5.91 Å². The molecule has 4 rings (SSSR count). The summed E-state index contributed by atoms with van der Waals surface area (Å²) in [5.41, 5.74) is 1.56. The Hall–Kier alpha value is -3.94. The first kappa shape index (κ1) is 28.1. The van der Waals surface area contributed by atoms with Crippen molar-refractivity contribution in [3.05, 3.63) is 65.9 Å². The van der Waals surface area contributed by atoms with Gasteiger partial charge >= 0.3 is 5.97 Å². The third kappa shape index (κ3) is 6.05. The fraction of sp³-hybridized carbons (Fsp3) is 0.419. The van der Waals surface area contributed by atoms with Crippen molar-refractivity contribution in [2.24, 2.45) is 17.8 Å². The standard InChI is InChI=1S/C31H36N2O6/c1-5-20-19-33(30(35)21-10-8-7-9-11-21)15-13-22(20)16-26(31(36)39-6-2)29(34)24-12-14-32-28-25(24)17-23(37-3)18-27(28)38-4/h7-12,14,17-18,20,22,26H,5-6,13,15-16,19H2,1-4H3. The van der Waals surface area contributed by atoms with Crippen molar-refractivity contribution in [2.45, 2.75) is 33.1 Å². The average molecular weight is 533 g/mol. The fourth-order valence-corrected chi connectivity index (χ4v) is 5.53. The molecule has 3 unspecified atom stereocenters. The highest BCUT2D eigenvalue weighted by atomic mass is 16.5. The molecule has 1 saturated heterocycles. The quantitative estimate of drug-likeness (QED) is 0.201. The predicted molar refractivity (Wildman–Crippen MR) is 148 cm³/mol. The monoisotopic (exact) mass is 532 g/mol. The van der Waals surface area contributed by atoms with E-state index in [1.807, 2.05) is 35.2 Å². The minimum absolute atomic E-state index is 0.0108. The third-order valence-corrected chi connectivity index (χ3v) is 7.65. The number of hydrogen-bond donors (Lipinski definition) is 0. The molecule has 2 heterocycles. The summed E-state index contributed by atoms with van der Waals surface area (Å²) < 4.78 is 16.3. The zero-order valence-electron chi connectivity index (χ0n) is 23.0. The van der Waals surface area contributed by atoms with Crippen molar-refractivity contribution >= 4 is 28.6 Å². The van der Waals surface area contributed by atoms with Crippen LogP contribution in [0.2, 0.25) is 0 Å². The molecule has 8 heteroatoms. The molecule has 39 heavy (non-hydrogen) atoms. The molecule has 1 aromatic heterocycles. The second-order valence-corrected chi connectivity index (χ2v) is 9.82. The lowest BCUT2D eigenvalue weighted by atomic mass is 9.76. The number of Topliss-reactive ketones (excluding diaryl/α,β-unsaturated/α-hetero) is 1. The highest BCUT2D eigenvalue weighted by molar-refractivity contribution is 6.15. The minimum Gasteiger partial charge on any atom is -0.497 e. The molecular formula is C31H36N2O6. The second-order valence-electron chi connectivity index (χ2n) is 9.82. The van der Waals surface area contributed by atoms with E-state index < -0.39 is 11.9 Å². The Morgan fingerprint density at radius 2 is 1.79 bits per heavy atom. The Balaban J connectivity index is 1.61. The number of aromatic nitrogens is 1. The van der Waals surface area contributed by atoms with Crippen LogP contribution in [0.1, 0.15) is 53.8 Å². The van der Waals surface area contributed by atoms with Gasteiger partial charge in [0.1, 0.15) is 22.9 Å². The molecule has 0 aliphatic carbocycles. The molecule has 1 fully saturated rings. The summed E-state index contributed by atoms with van der Waals surface area (Å²) in [6, 6.07) is 14.4. The molecular weight excluding hydrogens is 496 g/mol. The highest BCUT2D eigenvalue weighted by Gasteiger charge is 2.38. The van der Waals surface area contributed by atoms with Gasteiger partial charge in [-0.3, -0.25) is 19.4 Å². The van der Waals surface area contributed by atoms with Gasteiger partial charge in [-0.25, -0.2) is 0 Å². The largest absolute Gasteiger partial charge is 0.497 e. The molecule has 8 nitrogen and oxygen atoms in total. The number of nitrogens with zero attached hydrogens (tertiary/aromatic N) is 2.